The Bertz CT molecular complexity index is 219. The molecule has 0 aliphatic heterocycles. The van der Waals surface area contributed by atoms with Gasteiger partial charge in [0.05, 0.1) is 6.33 Å². The van der Waals surface area contributed by atoms with Crippen molar-refractivity contribution in [2.24, 2.45) is 5.73 Å². The second-order valence-electron chi connectivity index (χ2n) is 1.65. The van der Waals surface area contributed by atoms with Gasteiger partial charge in [-0.3, -0.25) is 4.57 Å². The predicted octanol–water partition coefficient (Wildman–Crippen LogP) is 0.327. The molecule has 0 fully saturated rings. The van der Waals surface area contributed by atoms with Gasteiger partial charge in [0, 0.05) is 12.4 Å². The number of alkyl halides is 2. The summed E-state index contributed by atoms with van der Waals surface area (Å²) in [7, 11) is 0. The first-order valence-electron chi connectivity index (χ1n) is 2.80. The Morgan fingerprint density at radius 3 is 2.33 bits per heavy atom. The molecular formula is C5H7F2N4Se. The Morgan fingerprint density at radius 2 is 2.17 bits per heavy atom. The molecule has 0 aromatic carbocycles. The Labute approximate surface area is 76.1 Å². The van der Waals surface area contributed by atoms with Crippen LogP contribution < -0.4 is 5.73 Å². The first-order valence-corrected chi connectivity index (χ1v) is 3.66. The van der Waals surface area contributed by atoms with Crippen LogP contribution in [0.5, 0.6) is 0 Å². The van der Waals surface area contributed by atoms with Gasteiger partial charge in [-0.25, -0.2) is 4.98 Å². The molecule has 0 saturated heterocycles. The van der Waals surface area contributed by atoms with Crippen molar-refractivity contribution in [2.45, 2.75) is 6.55 Å². The third kappa shape index (κ3) is 5.82. The predicted molar refractivity (Wildman–Crippen MR) is 41.1 cm³/mol. The first-order chi connectivity index (χ1) is 5.54. The minimum atomic E-state index is -2.46. The molecule has 1 heterocycles. The van der Waals surface area contributed by atoms with Crippen LogP contribution in [-0.2, 0) is 0 Å². The van der Waals surface area contributed by atoms with Gasteiger partial charge >= 0.3 is 38.4 Å². The van der Waals surface area contributed by atoms with E-state index in [0.29, 0.717) is 0 Å². The summed E-state index contributed by atoms with van der Waals surface area (Å²) in [5.74, 6) is 0. The van der Waals surface area contributed by atoms with Crippen LogP contribution in [0.3, 0.4) is 0 Å². The molecule has 0 spiro atoms. The summed E-state index contributed by atoms with van der Waals surface area (Å²) in [6, 6.07) is 0. The van der Waals surface area contributed by atoms with Crippen LogP contribution in [0.4, 0.5) is 8.78 Å². The Kier molecular flexibility index (Phi) is 5.23. The number of aromatic nitrogens is 2. The monoisotopic (exact) mass is 241 g/mol. The molecule has 0 aliphatic rings. The standard InChI is InChI=1S/C4H4F2N2.CH3N2Se/c5-4(6)8-2-1-7-3-8;2-1(3)4/h1-4H;(H3,2,3). The molecule has 0 unspecified atom stereocenters. The van der Waals surface area contributed by atoms with Gasteiger partial charge in [-0.15, -0.1) is 0 Å². The average molecular weight is 240 g/mol. The van der Waals surface area contributed by atoms with E-state index in [2.05, 4.69) is 26.7 Å². The third-order valence-electron chi connectivity index (χ3n) is 0.750. The molecule has 3 N–H and O–H groups in total. The van der Waals surface area contributed by atoms with Crippen molar-refractivity contribution < 1.29 is 8.78 Å². The van der Waals surface area contributed by atoms with E-state index in [1.165, 1.54) is 12.4 Å². The van der Waals surface area contributed by atoms with Crippen molar-refractivity contribution in [1.29, 1.82) is 5.41 Å². The maximum atomic E-state index is 11.5. The molecular weight excluding hydrogens is 233 g/mol. The van der Waals surface area contributed by atoms with Crippen LogP contribution >= 0.6 is 0 Å². The number of nitrogens with one attached hydrogen (secondary N) is 1. The maximum absolute atomic E-state index is 11.5. The summed E-state index contributed by atoms with van der Waals surface area (Å²) in [5, 5.41) is 6.22. The van der Waals surface area contributed by atoms with E-state index in [9.17, 15) is 8.78 Å². The van der Waals surface area contributed by atoms with Crippen LogP contribution in [0.2, 0.25) is 0 Å². The third-order valence-corrected chi connectivity index (χ3v) is 0.750. The fraction of sp³-hybridized carbons (Fsp3) is 0.200. The quantitative estimate of drug-likeness (QED) is 0.422. The van der Waals surface area contributed by atoms with Crippen LogP contribution in [0.1, 0.15) is 6.55 Å². The zero-order chi connectivity index (χ0) is 9.56. The molecule has 1 radical (unpaired) electrons. The molecule has 0 amide bonds. The first kappa shape index (κ1) is 11.1. The molecule has 0 atom stereocenters. The van der Waals surface area contributed by atoms with E-state index in [-0.39, 0.29) is 4.73 Å². The van der Waals surface area contributed by atoms with E-state index < -0.39 is 6.55 Å². The number of nitrogens with two attached hydrogens (primary N) is 1. The Balaban J connectivity index is 0.000000261. The van der Waals surface area contributed by atoms with Crippen molar-refractivity contribution >= 4 is 20.7 Å². The topological polar surface area (TPSA) is 67.7 Å². The number of nitrogens with zero attached hydrogens (tertiary/aromatic N) is 2. The van der Waals surface area contributed by atoms with Crippen molar-refractivity contribution in [3.05, 3.63) is 18.7 Å². The molecule has 1 aromatic heterocycles. The second-order valence-corrected chi connectivity index (χ2v) is 2.57. The van der Waals surface area contributed by atoms with Crippen molar-refractivity contribution in [3.63, 3.8) is 0 Å². The Morgan fingerprint density at radius 1 is 1.67 bits per heavy atom. The van der Waals surface area contributed by atoms with Crippen molar-refractivity contribution in [1.82, 2.24) is 9.55 Å². The molecule has 12 heavy (non-hydrogen) atoms. The van der Waals surface area contributed by atoms with Gasteiger partial charge in [0.25, 0.3) is 0 Å². The SMILES string of the molecule is FC(F)n1ccnc1.N=C(N)[Se]. The average Bonchev–Trinajstić information content (AvgIpc) is 2.34. The molecule has 0 saturated carbocycles. The zero-order valence-corrected chi connectivity index (χ0v) is 7.66. The fourth-order valence-corrected chi connectivity index (χ4v) is 0.385. The number of amidine groups is 1. The zero-order valence-electron chi connectivity index (χ0n) is 5.95. The van der Waals surface area contributed by atoms with Crippen molar-refractivity contribution in [2.75, 3.05) is 0 Å². The van der Waals surface area contributed by atoms with Gasteiger partial charge in [-0.2, -0.15) is 8.78 Å². The van der Waals surface area contributed by atoms with E-state index in [1.807, 2.05) is 0 Å². The van der Waals surface area contributed by atoms with Gasteiger partial charge in [-0.05, 0) is 0 Å². The normalized spacial score (nSPS) is 8.92. The number of imidazole rings is 1. The number of rotatable bonds is 1. The van der Waals surface area contributed by atoms with E-state index in [4.69, 9.17) is 5.41 Å². The van der Waals surface area contributed by atoms with Gasteiger partial charge in [0.1, 0.15) is 0 Å². The van der Waals surface area contributed by atoms with Crippen LogP contribution in [0, 0.1) is 5.41 Å². The molecule has 1 aromatic rings. The van der Waals surface area contributed by atoms with Crippen LogP contribution in [0.25, 0.3) is 0 Å². The fourth-order valence-electron chi connectivity index (χ4n) is 0.385. The summed E-state index contributed by atoms with van der Waals surface area (Å²) >= 11 is 2.26. The van der Waals surface area contributed by atoms with E-state index in [0.717, 1.165) is 10.9 Å². The summed E-state index contributed by atoms with van der Waals surface area (Å²) in [6.07, 6.45) is 3.60. The van der Waals surface area contributed by atoms with Gasteiger partial charge in [0.15, 0.2) is 0 Å². The Hall–Kier alpha value is -0.941. The molecule has 4 nitrogen and oxygen atoms in total. The van der Waals surface area contributed by atoms with Gasteiger partial charge in [-0.1, -0.05) is 0 Å². The molecule has 0 aliphatic carbocycles. The van der Waals surface area contributed by atoms with E-state index in [1.54, 1.807) is 0 Å². The van der Waals surface area contributed by atoms with E-state index >= 15 is 0 Å². The number of halogens is 2. The van der Waals surface area contributed by atoms with Gasteiger partial charge in [0.2, 0.25) is 0 Å². The summed E-state index contributed by atoms with van der Waals surface area (Å²) in [5.41, 5.74) is 4.64. The summed E-state index contributed by atoms with van der Waals surface area (Å²) < 4.78 is 23.8. The van der Waals surface area contributed by atoms with Crippen LogP contribution in [-0.4, -0.2) is 30.3 Å². The van der Waals surface area contributed by atoms with Gasteiger partial charge < -0.3 is 0 Å². The molecule has 67 valence electrons. The summed E-state index contributed by atoms with van der Waals surface area (Å²) in [4.78, 5) is 3.43. The van der Waals surface area contributed by atoms with Crippen molar-refractivity contribution in [3.8, 4) is 0 Å². The summed E-state index contributed by atoms with van der Waals surface area (Å²) in [6.45, 7) is -2.46. The molecule has 1 rings (SSSR count). The second kappa shape index (κ2) is 5.68. The van der Waals surface area contributed by atoms with Crippen LogP contribution in [0.15, 0.2) is 18.7 Å². The molecule has 7 heteroatoms. The molecule has 0 bridgehead atoms. The minimum absolute atomic E-state index is 0.0417. The number of hydrogen-bond acceptors (Lipinski definition) is 2. The number of hydrogen-bond donors (Lipinski definition) is 2.